The molecule has 0 spiro atoms. The minimum Gasteiger partial charge on any atom is -0.508 e. The number of phenolic OH excluding ortho intramolecular Hbond substituents is 1. The van der Waals surface area contributed by atoms with Crippen molar-refractivity contribution in [3.05, 3.63) is 64.2 Å². The third-order valence-corrected chi connectivity index (χ3v) is 11.6. The van der Waals surface area contributed by atoms with Crippen LogP contribution in [-0.4, -0.2) is 16.9 Å². The van der Waals surface area contributed by atoms with Gasteiger partial charge in [-0.05, 0) is 115 Å². The summed E-state index contributed by atoms with van der Waals surface area (Å²) in [4.78, 5) is 27.9. The standard InChI is InChI=1S/C34H43NO3/c1-21-8-9-22-12-15-29-33(3,27(22)19-21)17-6-18-34(29,4)31(38)35-30(37)25-7-5-16-32(2)26(25)14-11-23-10-13-24(36)20-28(23)32/h8-10,13,19-20,25-26,29,36H,5-7,11-12,14-18H2,1-4H3,(H,35,37,38)/t25-,26-,29+,32-,33+,34-/m0/s1. The number of nitrogens with one attached hydrogen (secondary N) is 1. The summed E-state index contributed by atoms with van der Waals surface area (Å²) in [7, 11) is 0. The third-order valence-electron chi connectivity index (χ3n) is 11.6. The van der Waals surface area contributed by atoms with Gasteiger partial charge < -0.3 is 5.11 Å². The molecule has 0 bridgehead atoms. The van der Waals surface area contributed by atoms with E-state index in [1.54, 1.807) is 6.07 Å². The number of phenols is 1. The lowest BCUT2D eigenvalue weighted by atomic mass is 9.49. The van der Waals surface area contributed by atoms with Gasteiger partial charge in [0.05, 0.1) is 5.41 Å². The Morgan fingerprint density at radius 3 is 2.32 bits per heavy atom. The van der Waals surface area contributed by atoms with Gasteiger partial charge in [0.2, 0.25) is 11.8 Å². The SMILES string of the molecule is Cc1ccc2c(c1)[C@@]1(C)CCC[C@](C)(C(=O)NC(=O)[C@H]3CCC[C@]4(C)c5cc(O)ccc5CC[C@@H]34)[C@@H]1CC2. The van der Waals surface area contributed by atoms with Gasteiger partial charge in [0.25, 0.3) is 0 Å². The fourth-order valence-electron chi connectivity index (χ4n) is 9.51. The highest BCUT2D eigenvalue weighted by molar-refractivity contribution is 5.99. The van der Waals surface area contributed by atoms with E-state index in [0.717, 1.165) is 64.2 Å². The Hall–Kier alpha value is -2.62. The van der Waals surface area contributed by atoms with Crippen molar-refractivity contribution in [3.63, 3.8) is 0 Å². The molecule has 2 amide bonds. The van der Waals surface area contributed by atoms with Crippen molar-refractivity contribution in [2.75, 3.05) is 0 Å². The van der Waals surface area contributed by atoms with E-state index < -0.39 is 5.41 Å². The fourth-order valence-corrected chi connectivity index (χ4v) is 9.51. The quantitative estimate of drug-likeness (QED) is 0.441. The lowest BCUT2D eigenvalue weighted by Gasteiger charge is -2.54. The van der Waals surface area contributed by atoms with Crippen LogP contribution in [0, 0.1) is 30.1 Å². The third kappa shape index (κ3) is 3.77. The van der Waals surface area contributed by atoms with Gasteiger partial charge >= 0.3 is 0 Å². The summed E-state index contributed by atoms with van der Waals surface area (Å²) in [6.45, 7) is 8.92. The van der Waals surface area contributed by atoms with E-state index in [0.29, 0.717) is 5.75 Å². The number of amides is 2. The maximum absolute atomic E-state index is 14.1. The zero-order valence-corrected chi connectivity index (χ0v) is 23.5. The Kier molecular flexibility index (Phi) is 6.05. The highest BCUT2D eigenvalue weighted by atomic mass is 16.3. The number of carbonyl (C=O) groups excluding carboxylic acids is 2. The molecule has 38 heavy (non-hydrogen) atoms. The summed E-state index contributed by atoms with van der Waals surface area (Å²) in [5.41, 5.74) is 5.89. The molecule has 202 valence electrons. The van der Waals surface area contributed by atoms with Gasteiger partial charge in [0, 0.05) is 5.92 Å². The Labute approximate surface area is 227 Å². The van der Waals surface area contributed by atoms with Crippen LogP contribution in [0.25, 0.3) is 0 Å². The largest absolute Gasteiger partial charge is 0.508 e. The summed E-state index contributed by atoms with van der Waals surface area (Å²) in [5.74, 6) is 0.413. The highest BCUT2D eigenvalue weighted by Crippen LogP contribution is 2.58. The molecule has 0 saturated heterocycles. The van der Waals surface area contributed by atoms with Crippen LogP contribution >= 0.6 is 0 Å². The molecule has 4 aliphatic rings. The Balaban J connectivity index is 1.25. The number of rotatable bonds is 2. The summed E-state index contributed by atoms with van der Waals surface area (Å²) in [5, 5.41) is 13.2. The molecule has 0 aromatic heterocycles. The maximum Gasteiger partial charge on any atom is 0.232 e. The molecule has 0 unspecified atom stereocenters. The Bertz CT molecular complexity index is 1300. The number of aryl methyl sites for hydroxylation is 3. The molecular weight excluding hydrogens is 470 g/mol. The van der Waals surface area contributed by atoms with Crippen molar-refractivity contribution in [3.8, 4) is 5.75 Å². The number of hydrogen-bond donors (Lipinski definition) is 2. The first-order valence-electron chi connectivity index (χ1n) is 14.8. The van der Waals surface area contributed by atoms with Crippen molar-refractivity contribution in [2.45, 2.75) is 103 Å². The molecule has 0 aliphatic heterocycles. The van der Waals surface area contributed by atoms with Crippen LogP contribution in [0.5, 0.6) is 5.75 Å². The molecule has 4 heteroatoms. The van der Waals surface area contributed by atoms with Crippen molar-refractivity contribution in [1.82, 2.24) is 5.32 Å². The topological polar surface area (TPSA) is 66.4 Å². The monoisotopic (exact) mass is 513 g/mol. The van der Waals surface area contributed by atoms with Crippen LogP contribution in [0.1, 0.15) is 100.0 Å². The van der Waals surface area contributed by atoms with E-state index >= 15 is 0 Å². The van der Waals surface area contributed by atoms with Crippen molar-refractivity contribution >= 4 is 11.8 Å². The normalized spacial score (nSPS) is 35.7. The van der Waals surface area contributed by atoms with Crippen LogP contribution in [-0.2, 0) is 33.3 Å². The first kappa shape index (κ1) is 25.6. The van der Waals surface area contributed by atoms with Gasteiger partial charge in [-0.15, -0.1) is 0 Å². The number of carbonyl (C=O) groups is 2. The minimum absolute atomic E-state index is 0.0362. The van der Waals surface area contributed by atoms with Crippen molar-refractivity contribution < 1.29 is 14.7 Å². The molecule has 6 atom stereocenters. The highest BCUT2D eigenvalue weighted by Gasteiger charge is 2.56. The van der Waals surface area contributed by atoms with E-state index in [1.165, 1.54) is 27.8 Å². The number of benzene rings is 2. The Morgan fingerprint density at radius 1 is 0.842 bits per heavy atom. The molecule has 6 rings (SSSR count). The lowest BCUT2D eigenvalue weighted by Crippen LogP contribution is -2.57. The molecule has 2 aromatic rings. The second kappa shape index (κ2) is 8.96. The fraction of sp³-hybridized carbons (Fsp3) is 0.588. The summed E-state index contributed by atoms with van der Waals surface area (Å²) in [6.07, 6.45) is 9.62. The first-order chi connectivity index (χ1) is 18.1. The van der Waals surface area contributed by atoms with Gasteiger partial charge in [-0.25, -0.2) is 0 Å². The molecule has 0 radical (unpaired) electrons. The summed E-state index contributed by atoms with van der Waals surface area (Å²) in [6, 6.07) is 12.6. The number of aromatic hydroxyl groups is 1. The average Bonchev–Trinajstić information content (AvgIpc) is 2.88. The van der Waals surface area contributed by atoms with Crippen LogP contribution < -0.4 is 5.32 Å². The second-order valence-electron chi connectivity index (χ2n) is 13.7. The molecule has 4 aliphatic carbocycles. The molecule has 4 nitrogen and oxygen atoms in total. The van der Waals surface area contributed by atoms with Crippen LogP contribution in [0.2, 0.25) is 0 Å². The van der Waals surface area contributed by atoms with E-state index in [4.69, 9.17) is 0 Å². The van der Waals surface area contributed by atoms with Crippen LogP contribution in [0.15, 0.2) is 36.4 Å². The Morgan fingerprint density at radius 2 is 1.53 bits per heavy atom. The maximum atomic E-state index is 14.1. The minimum atomic E-state index is -0.549. The van der Waals surface area contributed by atoms with E-state index in [9.17, 15) is 14.7 Å². The van der Waals surface area contributed by atoms with Crippen molar-refractivity contribution in [1.29, 1.82) is 0 Å². The van der Waals surface area contributed by atoms with Gasteiger partial charge in [-0.3, -0.25) is 14.9 Å². The lowest BCUT2D eigenvalue weighted by molar-refractivity contribution is -0.146. The zero-order valence-electron chi connectivity index (χ0n) is 23.5. The average molecular weight is 514 g/mol. The van der Waals surface area contributed by atoms with Crippen molar-refractivity contribution in [2.24, 2.45) is 23.2 Å². The van der Waals surface area contributed by atoms with Crippen LogP contribution in [0.4, 0.5) is 0 Å². The molecule has 2 fully saturated rings. The summed E-state index contributed by atoms with van der Waals surface area (Å²) >= 11 is 0. The molecule has 0 heterocycles. The molecule has 2 saturated carbocycles. The second-order valence-corrected chi connectivity index (χ2v) is 13.7. The predicted molar refractivity (Wildman–Crippen MR) is 150 cm³/mol. The van der Waals surface area contributed by atoms with Gasteiger partial charge in [-0.2, -0.15) is 0 Å². The van der Waals surface area contributed by atoms with Gasteiger partial charge in [0.1, 0.15) is 5.75 Å². The van der Waals surface area contributed by atoms with E-state index in [2.05, 4.69) is 51.2 Å². The molecule has 2 aromatic carbocycles. The van der Waals surface area contributed by atoms with Crippen LogP contribution in [0.3, 0.4) is 0 Å². The van der Waals surface area contributed by atoms with E-state index in [1.807, 2.05) is 12.1 Å². The van der Waals surface area contributed by atoms with E-state index in [-0.39, 0.29) is 40.4 Å². The predicted octanol–water partition coefficient (Wildman–Crippen LogP) is 6.67. The first-order valence-corrected chi connectivity index (χ1v) is 14.8. The zero-order chi connectivity index (χ0) is 26.9. The van der Waals surface area contributed by atoms with Gasteiger partial charge in [0.15, 0.2) is 0 Å². The smallest absolute Gasteiger partial charge is 0.232 e. The number of fused-ring (bicyclic) bond motifs is 6. The molecule has 2 N–H and O–H groups in total. The number of hydrogen-bond acceptors (Lipinski definition) is 3. The number of imide groups is 1. The summed E-state index contributed by atoms with van der Waals surface area (Å²) < 4.78 is 0. The van der Waals surface area contributed by atoms with Gasteiger partial charge in [-0.1, -0.05) is 63.4 Å². The molecular formula is C34H43NO3.